The number of nitrogens with one attached hydrogen (secondary N) is 2. The summed E-state index contributed by atoms with van der Waals surface area (Å²) in [7, 11) is 1.72. The molecule has 0 aliphatic heterocycles. The number of hydrogen-bond donors (Lipinski definition) is 2. The highest BCUT2D eigenvalue weighted by molar-refractivity contribution is 7.10. The first-order valence-electron chi connectivity index (χ1n) is 2.88. The zero-order valence-electron chi connectivity index (χ0n) is 5.79. The fraction of sp³-hybridized carbons (Fsp3) is 0. The van der Waals surface area contributed by atoms with Crippen molar-refractivity contribution in [1.82, 2.24) is 9.97 Å². The summed E-state index contributed by atoms with van der Waals surface area (Å²) in [5.74, 6) is -0.789. The minimum absolute atomic E-state index is 0.182. The van der Waals surface area contributed by atoms with Crippen molar-refractivity contribution >= 4 is 15.4 Å². The van der Waals surface area contributed by atoms with Gasteiger partial charge >= 0.3 is 11.7 Å². The monoisotopic (exact) mass is 188 g/mol. The lowest BCUT2D eigenvalue weighted by Crippen LogP contribution is -2.24. The van der Waals surface area contributed by atoms with Crippen molar-refractivity contribution in [3.8, 4) is 0 Å². The van der Waals surface area contributed by atoms with Crippen LogP contribution in [0.3, 0.4) is 0 Å². The molecule has 2 N–H and O–H groups in total. The SMILES string of the molecule is O=C(OP)c1cc(=O)[nH]c(=O)[nH]1. The average molecular weight is 188 g/mol. The molecule has 0 spiro atoms. The first-order chi connectivity index (χ1) is 5.63. The maximum atomic E-state index is 10.8. The van der Waals surface area contributed by atoms with Crippen molar-refractivity contribution in [2.45, 2.75) is 0 Å². The fourth-order valence-corrected chi connectivity index (χ4v) is 0.769. The number of hydrogen-bond acceptors (Lipinski definition) is 4. The van der Waals surface area contributed by atoms with Crippen molar-refractivity contribution in [3.05, 3.63) is 32.6 Å². The second-order valence-electron chi connectivity index (χ2n) is 1.91. The molecule has 1 unspecified atom stereocenters. The van der Waals surface area contributed by atoms with Gasteiger partial charge in [0.05, 0.1) is 9.47 Å². The van der Waals surface area contributed by atoms with E-state index in [4.69, 9.17) is 0 Å². The number of H-pyrrole nitrogens is 2. The summed E-state index contributed by atoms with van der Waals surface area (Å²) in [5, 5.41) is 0. The Morgan fingerprint density at radius 1 is 1.42 bits per heavy atom. The third kappa shape index (κ3) is 1.79. The molecule has 0 aromatic carbocycles. The second-order valence-corrected chi connectivity index (χ2v) is 2.14. The van der Waals surface area contributed by atoms with Crippen LogP contribution in [0.25, 0.3) is 0 Å². The van der Waals surface area contributed by atoms with E-state index in [-0.39, 0.29) is 5.69 Å². The second kappa shape index (κ2) is 3.32. The highest BCUT2D eigenvalue weighted by atomic mass is 31.0. The van der Waals surface area contributed by atoms with Gasteiger partial charge in [0.15, 0.2) is 0 Å². The van der Waals surface area contributed by atoms with Crippen molar-refractivity contribution < 1.29 is 9.32 Å². The van der Waals surface area contributed by atoms with Gasteiger partial charge in [-0.2, -0.15) is 0 Å². The number of aromatic amines is 2. The van der Waals surface area contributed by atoms with Crippen LogP contribution in [-0.2, 0) is 4.52 Å². The van der Waals surface area contributed by atoms with E-state index in [1.54, 1.807) is 9.47 Å². The Kier molecular flexibility index (Phi) is 2.40. The van der Waals surface area contributed by atoms with Crippen molar-refractivity contribution in [3.63, 3.8) is 0 Å². The molecule has 1 atom stereocenters. The number of aromatic nitrogens is 2. The van der Waals surface area contributed by atoms with Crippen LogP contribution in [0.1, 0.15) is 10.5 Å². The molecule has 64 valence electrons. The van der Waals surface area contributed by atoms with Crippen molar-refractivity contribution in [1.29, 1.82) is 0 Å². The van der Waals surface area contributed by atoms with Crippen molar-refractivity contribution in [2.75, 3.05) is 0 Å². The summed E-state index contributed by atoms with van der Waals surface area (Å²) in [4.78, 5) is 36.0. The molecule has 1 aromatic rings. The third-order valence-electron chi connectivity index (χ3n) is 1.09. The highest BCUT2D eigenvalue weighted by Crippen LogP contribution is 1.94. The third-order valence-corrected chi connectivity index (χ3v) is 1.30. The summed E-state index contributed by atoms with van der Waals surface area (Å²) >= 11 is 0. The molecule has 1 aromatic heterocycles. The van der Waals surface area contributed by atoms with Crippen LogP contribution in [0, 0.1) is 0 Å². The van der Waals surface area contributed by atoms with E-state index in [1.165, 1.54) is 0 Å². The minimum atomic E-state index is -0.789. The molecule has 0 saturated heterocycles. The summed E-state index contributed by atoms with van der Waals surface area (Å²) in [6.45, 7) is 0. The summed E-state index contributed by atoms with van der Waals surface area (Å²) in [6, 6.07) is 0.938. The standard InChI is InChI=1S/C5H5N2O4P/c8-3-1-2(4(9)11-12)6-5(10)7-3/h1H,12H2,(H2,6,7,8,10). The van der Waals surface area contributed by atoms with Crippen LogP contribution in [0.5, 0.6) is 0 Å². The van der Waals surface area contributed by atoms with E-state index < -0.39 is 17.2 Å². The molecule has 1 rings (SSSR count). The van der Waals surface area contributed by atoms with Gasteiger partial charge in [0.25, 0.3) is 5.56 Å². The first kappa shape index (κ1) is 8.67. The van der Waals surface area contributed by atoms with Gasteiger partial charge in [0.1, 0.15) is 5.69 Å². The predicted octanol–water partition coefficient (Wildman–Crippen LogP) is -0.990. The molecule has 0 aliphatic rings. The lowest BCUT2D eigenvalue weighted by molar-refractivity contribution is 0.0759. The molecule has 0 aliphatic carbocycles. The molecule has 7 heteroatoms. The first-order valence-corrected chi connectivity index (χ1v) is 3.35. The lowest BCUT2D eigenvalue weighted by atomic mass is 10.4. The van der Waals surface area contributed by atoms with Crippen LogP contribution in [0.2, 0.25) is 0 Å². The molecule has 12 heavy (non-hydrogen) atoms. The molecular formula is C5H5N2O4P. The Balaban J connectivity index is 3.27. The molecule has 0 fully saturated rings. The Morgan fingerprint density at radius 3 is 2.58 bits per heavy atom. The van der Waals surface area contributed by atoms with Gasteiger partial charge in [-0.3, -0.25) is 9.78 Å². The van der Waals surface area contributed by atoms with Crippen LogP contribution in [0.15, 0.2) is 15.7 Å². The largest absolute Gasteiger partial charge is 0.447 e. The molecule has 0 saturated carbocycles. The zero-order chi connectivity index (χ0) is 9.14. The normalized spacial score (nSPS) is 9.42. The number of carbonyl (C=O) groups is 1. The Labute approximate surface area is 68.3 Å². The maximum Gasteiger partial charge on any atom is 0.357 e. The number of rotatable bonds is 1. The molecule has 0 radical (unpaired) electrons. The topological polar surface area (TPSA) is 92.0 Å². The molecule has 1 heterocycles. The Hall–Kier alpha value is -1.42. The van der Waals surface area contributed by atoms with Gasteiger partial charge in [-0.05, 0) is 0 Å². The van der Waals surface area contributed by atoms with E-state index in [1.807, 2.05) is 4.98 Å². The molecular weight excluding hydrogens is 183 g/mol. The van der Waals surface area contributed by atoms with Gasteiger partial charge in [-0.15, -0.1) is 0 Å². The Morgan fingerprint density at radius 2 is 2.08 bits per heavy atom. The average Bonchev–Trinajstić information content (AvgIpc) is 2.01. The smallest absolute Gasteiger partial charge is 0.357 e. The van der Waals surface area contributed by atoms with Gasteiger partial charge in [0, 0.05) is 6.07 Å². The summed E-state index contributed by atoms with van der Waals surface area (Å²) in [5.41, 5.74) is -1.57. The molecule has 6 nitrogen and oxygen atoms in total. The lowest BCUT2D eigenvalue weighted by Gasteiger charge is -1.95. The van der Waals surface area contributed by atoms with E-state index in [2.05, 4.69) is 9.51 Å². The van der Waals surface area contributed by atoms with Crippen LogP contribution >= 0.6 is 9.47 Å². The fourth-order valence-electron chi connectivity index (χ4n) is 0.642. The van der Waals surface area contributed by atoms with Crippen LogP contribution in [0.4, 0.5) is 0 Å². The quantitative estimate of drug-likeness (QED) is 0.553. The van der Waals surface area contributed by atoms with Gasteiger partial charge in [-0.1, -0.05) is 0 Å². The van der Waals surface area contributed by atoms with E-state index >= 15 is 0 Å². The van der Waals surface area contributed by atoms with Crippen molar-refractivity contribution in [2.24, 2.45) is 0 Å². The molecule has 0 bridgehead atoms. The van der Waals surface area contributed by atoms with Gasteiger partial charge in [0.2, 0.25) is 0 Å². The van der Waals surface area contributed by atoms with E-state index in [0.717, 1.165) is 6.07 Å². The molecule has 0 amide bonds. The van der Waals surface area contributed by atoms with Crippen LogP contribution < -0.4 is 11.2 Å². The Bertz CT molecular complexity index is 378. The number of carbonyl (C=O) groups excluding carboxylic acids is 1. The highest BCUT2D eigenvalue weighted by Gasteiger charge is 2.06. The van der Waals surface area contributed by atoms with E-state index in [0.29, 0.717) is 0 Å². The summed E-state index contributed by atoms with van der Waals surface area (Å²) < 4.78 is 4.20. The van der Waals surface area contributed by atoms with Crippen LogP contribution in [-0.4, -0.2) is 15.9 Å². The van der Waals surface area contributed by atoms with Gasteiger partial charge in [-0.25, -0.2) is 9.59 Å². The minimum Gasteiger partial charge on any atom is -0.447 e. The summed E-state index contributed by atoms with van der Waals surface area (Å²) in [6.07, 6.45) is 0. The van der Waals surface area contributed by atoms with E-state index in [9.17, 15) is 14.4 Å². The zero-order valence-corrected chi connectivity index (χ0v) is 6.94. The maximum absolute atomic E-state index is 10.8. The van der Waals surface area contributed by atoms with Gasteiger partial charge < -0.3 is 9.51 Å². The predicted molar refractivity (Wildman–Crippen MR) is 42.8 cm³/mol.